The highest BCUT2D eigenvalue weighted by molar-refractivity contribution is 6.18. The fourth-order valence-electron chi connectivity index (χ4n) is 4.89. The zero-order chi connectivity index (χ0) is 22.3. The Morgan fingerprint density at radius 2 is 1.09 bits per heavy atom. The Morgan fingerprint density at radius 3 is 1.59 bits per heavy atom. The van der Waals surface area contributed by atoms with E-state index in [9.17, 15) is 0 Å². The molecule has 32 heavy (non-hydrogen) atoms. The maximum absolute atomic E-state index is 4.67. The van der Waals surface area contributed by atoms with Gasteiger partial charge in [-0.1, -0.05) is 135 Å². The molecule has 0 fully saturated rings. The fraction of sp³-hybridized carbons (Fsp3) is 0.500. The van der Waals surface area contributed by atoms with Gasteiger partial charge in [0, 0.05) is 0 Å². The van der Waals surface area contributed by atoms with Crippen LogP contribution in [0.3, 0.4) is 0 Å². The minimum atomic E-state index is 0.412. The summed E-state index contributed by atoms with van der Waals surface area (Å²) in [5, 5.41) is 0. The SMILES string of the molecule is CCCCCCCCCCCC([C+]1N=CC=N1)C(Cc1ccccc1)Cc1ccccc1. The maximum Gasteiger partial charge on any atom is 0.244 e. The van der Waals surface area contributed by atoms with Gasteiger partial charge in [0.2, 0.25) is 6.17 Å². The van der Waals surface area contributed by atoms with Crippen LogP contribution in [-0.4, -0.2) is 12.4 Å². The predicted octanol–water partition coefficient (Wildman–Crippen LogP) is 8.27. The van der Waals surface area contributed by atoms with Crippen LogP contribution in [0.5, 0.6) is 0 Å². The molecule has 1 atom stereocenters. The summed E-state index contributed by atoms with van der Waals surface area (Å²) in [5.74, 6) is 0.922. The molecular weight excluding hydrogens is 388 g/mol. The third-order valence-electron chi connectivity index (χ3n) is 6.68. The van der Waals surface area contributed by atoms with Gasteiger partial charge in [-0.2, -0.15) is 0 Å². The molecule has 1 aliphatic rings. The minimum absolute atomic E-state index is 0.412. The second-order valence-electron chi connectivity index (χ2n) is 9.28. The van der Waals surface area contributed by atoms with E-state index >= 15 is 0 Å². The molecule has 0 N–H and O–H groups in total. The van der Waals surface area contributed by atoms with Gasteiger partial charge in [-0.15, -0.1) is 0 Å². The van der Waals surface area contributed by atoms with Crippen molar-refractivity contribution >= 4 is 12.4 Å². The maximum atomic E-state index is 4.67. The Kier molecular flexibility index (Phi) is 11.1. The summed E-state index contributed by atoms with van der Waals surface area (Å²) in [7, 11) is 0. The third kappa shape index (κ3) is 8.65. The van der Waals surface area contributed by atoms with E-state index in [2.05, 4.69) is 77.6 Å². The lowest BCUT2D eigenvalue weighted by atomic mass is 9.78. The minimum Gasteiger partial charge on any atom is -0.0965 e. The summed E-state index contributed by atoms with van der Waals surface area (Å²) < 4.78 is 0. The van der Waals surface area contributed by atoms with Crippen molar-refractivity contribution in [1.82, 2.24) is 0 Å². The Hall–Kier alpha value is -2.35. The molecular formula is C30H41N2+. The van der Waals surface area contributed by atoms with Gasteiger partial charge in [0.15, 0.2) is 12.4 Å². The average molecular weight is 430 g/mol. The number of aliphatic imine (C=N–C) groups is 2. The molecule has 2 nitrogen and oxygen atoms in total. The van der Waals surface area contributed by atoms with Gasteiger partial charge in [0.05, 0.1) is 5.92 Å². The van der Waals surface area contributed by atoms with Crippen LogP contribution in [0.1, 0.15) is 82.3 Å². The number of rotatable bonds is 16. The lowest BCUT2D eigenvalue weighted by Gasteiger charge is -2.26. The zero-order valence-electron chi connectivity index (χ0n) is 20.0. The lowest BCUT2D eigenvalue weighted by molar-refractivity contribution is 0.306. The number of hydrogen-bond acceptors (Lipinski definition) is 2. The van der Waals surface area contributed by atoms with Crippen LogP contribution in [0.25, 0.3) is 0 Å². The van der Waals surface area contributed by atoms with E-state index in [1.165, 1.54) is 75.3 Å². The summed E-state index contributed by atoms with van der Waals surface area (Å²) in [6.45, 7) is 2.29. The fourth-order valence-corrected chi connectivity index (χ4v) is 4.89. The van der Waals surface area contributed by atoms with Crippen molar-refractivity contribution in [2.75, 3.05) is 0 Å². The van der Waals surface area contributed by atoms with Crippen LogP contribution >= 0.6 is 0 Å². The van der Waals surface area contributed by atoms with Gasteiger partial charge in [0.25, 0.3) is 0 Å². The van der Waals surface area contributed by atoms with Gasteiger partial charge >= 0.3 is 0 Å². The predicted molar refractivity (Wildman–Crippen MR) is 139 cm³/mol. The van der Waals surface area contributed by atoms with Crippen LogP contribution < -0.4 is 0 Å². The monoisotopic (exact) mass is 429 g/mol. The van der Waals surface area contributed by atoms with E-state index in [4.69, 9.17) is 0 Å². The molecule has 2 aromatic rings. The van der Waals surface area contributed by atoms with Gasteiger partial charge in [-0.3, -0.25) is 0 Å². The normalized spacial score (nSPS) is 13.9. The molecule has 3 rings (SSSR count). The molecule has 0 aromatic heterocycles. The summed E-state index contributed by atoms with van der Waals surface area (Å²) >= 11 is 0. The molecule has 0 radical (unpaired) electrons. The molecule has 0 aliphatic carbocycles. The molecule has 170 valence electrons. The van der Waals surface area contributed by atoms with Gasteiger partial charge < -0.3 is 0 Å². The summed E-state index contributed by atoms with van der Waals surface area (Å²) in [4.78, 5) is 9.33. The van der Waals surface area contributed by atoms with Crippen molar-refractivity contribution in [3.05, 3.63) is 78.0 Å². The largest absolute Gasteiger partial charge is 0.244 e. The van der Waals surface area contributed by atoms with Crippen LogP contribution in [0.4, 0.5) is 0 Å². The molecule has 0 spiro atoms. The Morgan fingerprint density at radius 1 is 0.625 bits per heavy atom. The number of hydrogen-bond donors (Lipinski definition) is 0. The Labute approximate surface area is 196 Å². The van der Waals surface area contributed by atoms with Gasteiger partial charge in [-0.05, 0) is 36.3 Å². The Balaban J connectivity index is 1.59. The summed E-state index contributed by atoms with van der Waals surface area (Å²) in [5.41, 5.74) is 2.83. The number of nitrogens with zero attached hydrogens (tertiary/aromatic N) is 2. The molecule has 0 amide bonds. The smallest absolute Gasteiger partial charge is 0.0965 e. The van der Waals surface area contributed by atoms with E-state index in [1.807, 2.05) is 12.4 Å². The number of unbranched alkanes of at least 4 members (excludes halogenated alkanes) is 8. The zero-order valence-corrected chi connectivity index (χ0v) is 20.0. The van der Waals surface area contributed by atoms with Crippen LogP contribution in [0.2, 0.25) is 0 Å². The van der Waals surface area contributed by atoms with Crippen molar-refractivity contribution in [3.63, 3.8) is 0 Å². The molecule has 0 saturated carbocycles. The average Bonchev–Trinajstić information content (AvgIpc) is 3.36. The quantitative estimate of drug-likeness (QED) is 0.189. The first-order valence-electron chi connectivity index (χ1n) is 12.9. The highest BCUT2D eigenvalue weighted by Crippen LogP contribution is 2.36. The van der Waals surface area contributed by atoms with Crippen molar-refractivity contribution in [1.29, 1.82) is 0 Å². The molecule has 1 unspecified atom stereocenters. The van der Waals surface area contributed by atoms with Gasteiger partial charge in [-0.25, -0.2) is 0 Å². The van der Waals surface area contributed by atoms with Crippen LogP contribution in [0, 0.1) is 18.0 Å². The van der Waals surface area contributed by atoms with Crippen LogP contribution in [-0.2, 0) is 12.8 Å². The van der Waals surface area contributed by atoms with Crippen molar-refractivity contribution in [2.45, 2.75) is 84.0 Å². The molecule has 0 bridgehead atoms. The molecule has 2 aromatic carbocycles. The van der Waals surface area contributed by atoms with E-state index < -0.39 is 0 Å². The molecule has 1 heterocycles. The Bertz CT molecular complexity index is 727. The second kappa shape index (κ2) is 14.7. The van der Waals surface area contributed by atoms with Crippen molar-refractivity contribution < 1.29 is 0 Å². The summed E-state index contributed by atoms with van der Waals surface area (Å²) in [6.07, 6.45) is 20.4. The van der Waals surface area contributed by atoms with E-state index in [0.29, 0.717) is 11.8 Å². The van der Waals surface area contributed by atoms with Crippen molar-refractivity contribution in [2.24, 2.45) is 21.8 Å². The highest BCUT2D eigenvalue weighted by Gasteiger charge is 2.35. The van der Waals surface area contributed by atoms with Gasteiger partial charge in [0.1, 0.15) is 0 Å². The first-order chi connectivity index (χ1) is 15.9. The van der Waals surface area contributed by atoms with E-state index in [0.717, 1.165) is 19.0 Å². The second-order valence-corrected chi connectivity index (χ2v) is 9.28. The topological polar surface area (TPSA) is 24.7 Å². The third-order valence-corrected chi connectivity index (χ3v) is 6.68. The standard InChI is InChI=1S/C30H41N2/c1-2-3-4-5-6-7-8-9-16-21-29(30-31-22-23-32-30)28(24-26-17-12-10-13-18-26)25-27-19-14-11-15-20-27/h10-15,17-20,22-23,28-29H,2-9,16,21,24-25H2,1H3/q+1. The molecule has 1 aliphatic heterocycles. The molecule has 2 heteroatoms. The van der Waals surface area contributed by atoms with Crippen LogP contribution in [0.15, 0.2) is 70.6 Å². The first kappa shape index (κ1) is 24.3. The van der Waals surface area contributed by atoms with E-state index in [-0.39, 0.29) is 0 Å². The van der Waals surface area contributed by atoms with Crippen molar-refractivity contribution in [3.8, 4) is 0 Å². The lowest BCUT2D eigenvalue weighted by Crippen LogP contribution is -2.24. The molecule has 0 saturated heterocycles. The first-order valence-corrected chi connectivity index (χ1v) is 12.9. The highest BCUT2D eigenvalue weighted by atomic mass is 15.0. The number of benzene rings is 2. The summed E-state index contributed by atoms with van der Waals surface area (Å²) in [6, 6.07) is 21.9. The van der Waals surface area contributed by atoms with E-state index in [1.54, 1.807) is 0 Å².